The lowest BCUT2D eigenvalue weighted by Crippen LogP contribution is -2.09. The third-order valence-electron chi connectivity index (χ3n) is 4.37. The van der Waals surface area contributed by atoms with Crippen molar-refractivity contribution in [2.75, 3.05) is 7.11 Å². The van der Waals surface area contributed by atoms with Crippen LogP contribution in [0.3, 0.4) is 0 Å². The van der Waals surface area contributed by atoms with Gasteiger partial charge in [0.15, 0.2) is 0 Å². The van der Waals surface area contributed by atoms with E-state index in [1.165, 1.54) is 25.4 Å². The standard InChI is InChI=1S/C22H18F3NO3/c1-13-3-5-14(6-4-13)7-8-15-9-16(17-12-26-20(28)11-19(17)27)10-18(21(15)29-2)22(23,24)25/h3-12H,1-2H3,(H2,26,27,28)/b8-7+. The van der Waals surface area contributed by atoms with Gasteiger partial charge in [0.2, 0.25) is 0 Å². The van der Waals surface area contributed by atoms with Crippen LogP contribution in [0, 0.1) is 6.92 Å². The summed E-state index contributed by atoms with van der Waals surface area (Å²) >= 11 is 0. The van der Waals surface area contributed by atoms with Gasteiger partial charge in [-0.15, -0.1) is 0 Å². The van der Waals surface area contributed by atoms with Gasteiger partial charge >= 0.3 is 6.18 Å². The van der Waals surface area contributed by atoms with Gasteiger partial charge in [-0.1, -0.05) is 42.0 Å². The molecule has 0 atom stereocenters. The number of pyridine rings is 1. The van der Waals surface area contributed by atoms with Gasteiger partial charge in [-0.25, -0.2) is 0 Å². The summed E-state index contributed by atoms with van der Waals surface area (Å²) in [6, 6.07) is 10.7. The first-order valence-corrected chi connectivity index (χ1v) is 8.65. The van der Waals surface area contributed by atoms with Gasteiger partial charge in [-0.2, -0.15) is 13.2 Å². The van der Waals surface area contributed by atoms with E-state index in [0.717, 1.165) is 23.3 Å². The van der Waals surface area contributed by atoms with Gasteiger partial charge in [-0.05, 0) is 30.2 Å². The number of methoxy groups -OCH3 is 1. The first-order valence-electron chi connectivity index (χ1n) is 8.65. The van der Waals surface area contributed by atoms with Crippen LogP contribution in [0.1, 0.15) is 22.3 Å². The minimum Gasteiger partial charge on any atom is -0.507 e. The lowest BCUT2D eigenvalue weighted by atomic mass is 9.98. The van der Waals surface area contributed by atoms with Gasteiger partial charge in [0.05, 0.1) is 12.7 Å². The van der Waals surface area contributed by atoms with E-state index in [2.05, 4.69) is 4.98 Å². The highest BCUT2D eigenvalue weighted by molar-refractivity contribution is 5.80. The Kier molecular flexibility index (Phi) is 5.50. The maximum absolute atomic E-state index is 13.7. The highest BCUT2D eigenvalue weighted by Gasteiger charge is 2.36. The number of aromatic hydroxyl groups is 1. The second-order valence-corrected chi connectivity index (χ2v) is 6.48. The van der Waals surface area contributed by atoms with Crippen molar-refractivity contribution in [3.63, 3.8) is 0 Å². The van der Waals surface area contributed by atoms with E-state index in [1.807, 2.05) is 31.2 Å². The molecule has 0 aliphatic rings. The third-order valence-corrected chi connectivity index (χ3v) is 4.37. The van der Waals surface area contributed by atoms with Crippen LogP contribution >= 0.6 is 0 Å². The highest BCUT2D eigenvalue weighted by Crippen LogP contribution is 2.42. The molecule has 2 N–H and O–H groups in total. The minimum atomic E-state index is -4.67. The maximum atomic E-state index is 13.7. The van der Waals surface area contributed by atoms with Crippen molar-refractivity contribution in [1.29, 1.82) is 0 Å². The van der Waals surface area contributed by atoms with Crippen molar-refractivity contribution in [1.82, 2.24) is 4.98 Å². The Bertz CT molecular complexity index is 1110. The van der Waals surface area contributed by atoms with E-state index in [9.17, 15) is 23.1 Å². The first-order chi connectivity index (χ1) is 13.7. The van der Waals surface area contributed by atoms with Crippen LogP contribution in [-0.2, 0) is 6.18 Å². The SMILES string of the molecule is COc1c(/C=C/c2ccc(C)cc2)cc(-c2c[nH]c(=O)cc2O)cc1C(F)(F)F. The minimum absolute atomic E-state index is 0.0720. The van der Waals surface area contributed by atoms with Crippen LogP contribution < -0.4 is 10.3 Å². The number of aromatic amines is 1. The molecule has 0 aliphatic carbocycles. The van der Waals surface area contributed by atoms with Crippen molar-refractivity contribution < 1.29 is 23.0 Å². The lowest BCUT2D eigenvalue weighted by Gasteiger charge is -2.17. The van der Waals surface area contributed by atoms with E-state index in [1.54, 1.807) is 6.08 Å². The zero-order valence-corrected chi connectivity index (χ0v) is 15.7. The monoisotopic (exact) mass is 401 g/mol. The average molecular weight is 401 g/mol. The molecule has 150 valence electrons. The molecule has 0 saturated carbocycles. The molecule has 3 aromatic rings. The Morgan fingerprint density at radius 1 is 1.07 bits per heavy atom. The molecule has 1 heterocycles. The number of ether oxygens (including phenoxy) is 1. The fourth-order valence-electron chi connectivity index (χ4n) is 2.92. The molecule has 2 aromatic carbocycles. The molecule has 0 spiro atoms. The zero-order chi connectivity index (χ0) is 21.2. The second kappa shape index (κ2) is 7.87. The van der Waals surface area contributed by atoms with Gasteiger partial charge in [0.25, 0.3) is 5.56 Å². The number of halogens is 3. The smallest absolute Gasteiger partial charge is 0.420 e. The molecule has 3 rings (SSSR count). The number of hydrogen-bond acceptors (Lipinski definition) is 3. The highest BCUT2D eigenvalue weighted by atomic mass is 19.4. The topological polar surface area (TPSA) is 62.3 Å². The number of aryl methyl sites for hydroxylation is 1. The molecule has 0 unspecified atom stereocenters. The Morgan fingerprint density at radius 2 is 1.76 bits per heavy atom. The summed E-state index contributed by atoms with van der Waals surface area (Å²) in [7, 11) is 1.17. The molecule has 0 radical (unpaired) electrons. The predicted molar refractivity (Wildman–Crippen MR) is 106 cm³/mol. The van der Waals surface area contributed by atoms with E-state index in [-0.39, 0.29) is 22.4 Å². The van der Waals surface area contributed by atoms with Crippen molar-refractivity contribution in [2.45, 2.75) is 13.1 Å². The van der Waals surface area contributed by atoms with Gasteiger partial charge < -0.3 is 14.8 Å². The number of H-pyrrole nitrogens is 1. The lowest BCUT2D eigenvalue weighted by molar-refractivity contribution is -0.138. The number of hydrogen-bond donors (Lipinski definition) is 2. The summed E-state index contributed by atoms with van der Waals surface area (Å²) in [4.78, 5) is 13.7. The maximum Gasteiger partial charge on any atom is 0.420 e. The molecule has 0 saturated heterocycles. The van der Waals surface area contributed by atoms with E-state index in [4.69, 9.17) is 4.74 Å². The van der Waals surface area contributed by atoms with Crippen LogP contribution in [0.25, 0.3) is 23.3 Å². The van der Waals surface area contributed by atoms with E-state index < -0.39 is 23.0 Å². The fourth-order valence-corrected chi connectivity index (χ4v) is 2.92. The van der Waals surface area contributed by atoms with Crippen LogP contribution in [0.15, 0.2) is 53.5 Å². The third kappa shape index (κ3) is 4.51. The van der Waals surface area contributed by atoms with E-state index >= 15 is 0 Å². The van der Waals surface area contributed by atoms with E-state index in [0.29, 0.717) is 0 Å². The fraction of sp³-hybridized carbons (Fsp3) is 0.136. The molecule has 0 fully saturated rings. The zero-order valence-electron chi connectivity index (χ0n) is 15.7. The molecule has 0 aliphatic heterocycles. The van der Waals surface area contributed by atoms with Gasteiger partial charge in [0, 0.05) is 23.4 Å². The molecule has 1 aromatic heterocycles. The summed E-state index contributed by atoms with van der Waals surface area (Å²) in [5, 5.41) is 10.0. The first kappa shape index (κ1) is 20.3. The molecule has 7 heteroatoms. The Morgan fingerprint density at radius 3 is 2.34 bits per heavy atom. The van der Waals surface area contributed by atoms with Crippen molar-refractivity contribution in [3.8, 4) is 22.6 Å². The number of aromatic nitrogens is 1. The summed E-state index contributed by atoms with van der Waals surface area (Å²) in [5.74, 6) is -0.742. The largest absolute Gasteiger partial charge is 0.507 e. The Hall–Kier alpha value is -3.48. The molecule has 0 bridgehead atoms. The summed E-state index contributed by atoms with van der Waals surface area (Å²) in [6.07, 6.45) is -0.308. The van der Waals surface area contributed by atoms with Crippen LogP contribution in [-0.4, -0.2) is 17.2 Å². The quantitative estimate of drug-likeness (QED) is 0.587. The Balaban J connectivity index is 2.19. The number of alkyl halides is 3. The van der Waals surface area contributed by atoms with Crippen molar-refractivity contribution in [2.24, 2.45) is 0 Å². The number of rotatable bonds is 4. The van der Waals surface area contributed by atoms with Crippen LogP contribution in [0.2, 0.25) is 0 Å². The molecule has 29 heavy (non-hydrogen) atoms. The average Bonchev–Trinajstić information content (AvgIpc) is 2.66. The van der Waals surface area contributed by atoms with Gasteiger partial charge in [-0.3, -0.25) is 4.79 Å². The summed E-state index contributed by atoms with van der Waals surface area (Å²) < 4.78 is 46.0. The van der Waals surface area contributed by atoms with Crippen molar-refractivity contribution in [3.05, 3.63) is 81.3 Å². The molecule has 4 nitrogen and oxygen atoms in total. The van der Waals surface area contributed by atoms with Gasteiger partial charge in [0.1, 0.15) is 11.5 Å². The second-order valence-electron chi connectivity index (χ2n) is 6.48. The number of benzene rings is 2. The normalized spacial score (nSPS) is 11.8. The van der Waals surface area contributed by atoms with Crippen LogP contribution in [0.4, 0.5) is 13.2 Å². The summed E-state index contributed by atoms with van der Waals surface area (Å²) in [5.41, 5.74) is 0.682. The van der Waals surface area contributed by atoms with Crippen molar-refractivity contribution >= 4 is 12.2 Å². The Labute approximate surface area is 164 Å². The molecular formula is C22H18F3NO3. The molecular weight excluding hydrogens is 383 g/mol. The predicted octanol–water partition coefficient (Wildman–Crippen LogP) is 5.25. The van der Waals surface area contributed by atoms with Crippen LogP contribution in [0.5, 0.6) is 11.5 Å². The number of nitrogens with one attached hydrogen (secondary N) is 1. The summed E-state index contributed by atoms with van der Waals surface area (Å²) in [6.45, 7) is 1.94. The molecule has 0 amide bonds.